The largest absolute Gasteiger partial charge is 0.475 e. The SMILES string of the molecule is CC1(C)CN(S(=O)(=O)c2ccc(C(=O)O)o2)CCS1. The maximum absolute atomic E-state index is 12.3. The molecule has 1 saturated heterocycles. The lowest BCUT2D eigenvalue weighted by molar-refractivity contribution is 0.0656. The molecule has 8 heteroatoms. The van der Waals surface area contributed by atoms with Crippen molar-refractivity contribution in [3.05, 3.63) is 17.9 Å². The van der Waals surface area contributed by atoms with Gasteiger partial charge in [0.25, 0.3) is 10.0 Å². The number of rotatable bonds is 3. The van der Waals surface area contributed by atoms with Crippen LogP contribution >= 0.6 is 11.8 Å². The van der Waals surface area contributed by atoms with E-state index in [0.29, 0.717) is 18.8 Å². The molecule has 6 nitrogen and oxygen atoms in total. The number of aromatic carboxylic acids is 1. The molecular formula is C11H15NO5S2. The predicted octanol–water partition coefficient (Wildman–Crippen LogP) is 1.49. The van der Waals surface area contributed by atoms with Gasteiger partial charge in [0.15, 0.2) is 0 Å². The Bertz CT molecular complexity index is 590. The van der Waals surface area contributed by atoms with Crippen LogP contribution < -0.4 is 0 Å². The quantitative estimate of drug-likeness (QED) is 0.910. The summed E-state index contributed by atoms with van der Waals surface area (Å²) in [6.07, 6.45) is 0. The fourth-order valence-corrected chi connectivity index (χ4v) is 4.70. The summed E-state index contributed by atoms with van der Waals surface area (Å²) in [6, 6.07) is 2.34. The summed E-state index contributed by atoms with van der Waals surface area (Å²) < 4.78 is 30.8. The number of hydrogen-bond donors (Lipinski definition) is 1. The van der Waals surface area contributed by atoms with Crippen LogP contribution in [0.15, 0.2) is 21.6 Å². The minimum absolute atomic E-state index is 0.159. The monoisotopic (exact) mass is 305 g/mol. The lowest BCUT2D eigenvalue weighted by Gasteiger charge is -2.36. The van der Waals surface area contributed by atoms with Crippen LogP contribution in [0.4, 0.5) is 0 Å². The fourth-order valence-electron chi connectivity index (χ4n) is 1.88. The van der Waals surface area contributed by atoms with Crippen molar-refractivity contribution in [3.8, 4) is 0 Å². The van der Waals surface area contributed by atoms with Crippen LogP contribution in [0.1, 0.15) is 24.4 Å². The van der Waals surface area contributed by atoms with Crippen molar-refractivity contribution >= 4 is 27.8 Å². The van der Waals surface area contributed by atoms with Gasteiger partial charge in [-0.25, -0.2) is 13.2 Å². The van der Waals surface area contributed by atoms with Crippen LogP contribution in [0.5, 0.6) is 0 Å². The van der Waals surface area contributed by atoms with E-state index in [4.69, 9.17) is 9.52 Å². The van der Waals surface area contributed by atoms with Crippen LogP contribution in [-0.2, 0) is 10.0 Å². The normalized spacial score (nSPS) is 20.3. The molecule has 1 aliphatic rings. The Balaban J connectivity index is 2.28. The topological polar surface area (TPSA) is 87.8 Å². The van der Waals surface area contributed by atoms with Crippen molar-refractivity contribution in [2.45, 2.75) is 23.7 Å². The second-order valence-electron chi connectivity index (χ2n) is 4.87. The average Bonchev–Trinajstić information content (AvgIpc) is 2.77. The maximum atomic E-state index is 12.3. The minimum Gasteiger partial charge on any atom is -0.475 e. The third-order valence-corrected chi connectivity index (χ3v) is 5.79. The fraction of sp³-hybridized carbons (Fsp3) is 0.545. The Morgan fingerprint density at radius 1 is 1.47 bits per heavy atom. The van der Waals surface area contributed by atoms with Crippen LogP contribution in [0, 0.1) is 0 Å². The Morgan fingerprint density at radius 3 is 2.68 bits per heavy atom. The van der Waals surface area contributed by atoms with Gasteiger partial charge in [-0.2, -0.15) is 16.1 Å². The zero-order valence-electron chi connectivity index (χ0n) is 10.6. The second-order valence-corrected chi connectivity index (χ2v) is 8.54. The van der Waals surface area contributed by atoms with Gasteiger partial charge in [0.2, 0.25) is 10.9 Å². The molecule has 0 amide bonds. The van der Waals surface area contributed by atoms with Crippen molar-refractivity contribution in [1.82, 2.24) is 4.31 Å². The molecule has 0 radical (unpaired) electrons. The van der Waals surface area contributed by atoms with Gasteiger partial charge in [0.05, 0.1) is 0 Å². The molecule has 0 aliphatic carbocycles. The van der Waals surface area contributed by atoms with Gasteiger partial charge in [0, 0.05) is 23.6 Å². The Labute approximate surface area is 115 Å². The van der Waals surface area contributed by atoms with Crippen molar-refractivity contribution in [1.29, 1.82) is 0 Å². The van der Waals surface area contributed by atoms with Gasteiger partial charge in [-0.05, 0) is 26.0 Å². The first-order valence-corrected chi connectivity index (χ1v) is 8.12. The summed E-state index contributed by atoms with van der Waals surface area (Å²) in [5.74, 6) is -0.946. The molecule has 0 atom stereocenters. The summed E-state index contributed by atoms with van der Waals surface area (Å²) in [7, 11) is -3.76. The van der Waals surface area contributed by atoms with Crippen LogP contribution in [-0.4, -0.2) is 47.4 Å². The summed E-state index contributed by atoms with van der Waals surface area (Å²) in [4.78, 5) is 10.7. The first-order valence-electron chi connectivity index (χ1n) is 5.70. The lowest BCUT2D eigenvalue weighted by atomic mass is 10.2. The standard InChI is InChI=1S/C11H15NO5S2/c1-11(2)7-12(5-6-18-11)19(15,16)9-4-3-8(17-9)10(13)14/h3-4H,5-7H2,1-2H3,(H,13,14). The Kier molecular flexibility index (Phi) is 3.67. The molecule has 1 aromatic heterocycles. The smallest absolute Gasteiger partial charge is 0.371 e. The number of hydrogen-bond acceptors (Lipinski definition) is 5. The molecule has 0 bridgehead atoms. The van der Waals surface area contributed by atoms with E-state index in [1.54, 1.807) is 11.8 Å². The molecule has 1 fully saturated rings. The molecule has 1 aliphatic heterocycles. The molecule has 0 saturated carbocycles. The molecule has 0 spiro atoms. The zero-order valence-corrected chi connectivity index (χ0v) is 12.3. The number of thioether (sulfide) groups is 1. The maximum Gasteiger partial charge on any atom is 0.371 e. The Hall–Kier alpha value is -0.990. The minimum atomic E-state index is -3.76. The van der Waals surface area contributed by atoms with Crippen molar-refractivity contribution < 1.29 is 22.7 Å². The van der Waals surface area contributed by atoms with E-state index in [2.05, 4.69) is 0 Å². The van der Waals surface area contributed by atoms with Crippen LogP contribution in [0.2, 0.25) is 0 Å². The first-order chi connectivity index (χ1) is 8.72. The third-order valence-electron chi connectivity index (χ3n) is 2.78. The van der Waals surface area contributed by atoms with Crippen LogP contribution in [0.25, 0.3) is 0 Å². The molecular weight excluding hydrogens is 290 g/mol. The predicted molar refractivity (Wildman–Crippen MR) is 71.0 cm³/mol. The highest BCUT2D eigenvalue weighted by molar-refractivity contribution is 8.00. The van der Waals surface area contributed by atoms with E-state index >= 15 is 0 Å². The molecule has 2 heterocycles. The van der Waals surface area contributed by atoms with Crippen molar-refractivity contribution in [3.63, 3.8) is 0 Å². The van der Waals surface area contributed by atoms with Crippen molar-refractivity contribution in [2.24, 2.45) is 0 Å². The average molecular weight is 305 g/mol. The lowest BCUT2D eigenvalue weighted by Crippen LogP contribution is -2.45. The van der Waals surface area contributed by atoms with Gasteiger partial charge >= 0.3 is 5.97 Å². The first kappa shape index (κ1) is 14.4. The van der Waals surface area contributed by atoms with E-state index in [9.17, 15) is 13.2 Å². The van der Waals surface area contributed by atoms with E-state index in [0.717, 1.165) is 6.07 Å². The highest BCUT2D eigenvalue weighted by Gasteiger charge is 2.36. The summed E-state index contributed by atoms with van der Waals surface area (Å²) in [5.41, 5.74) is 0. The molecule has 106 valence electrons. The number of nitrogens with zero attached hydrogens (tertiary/aromatic N) is 1. The molecule has 1 N–H and O–H groups in total. The number of carboxylic acids is 1. The summed E-state index contributed by atoms with van der Waals surface area (Å²) >= 11 is 1.71. The number of furan rings is 1. The number of carbonyl (C=O) groups is 1. The third kappa shape index (κ3) is 2.96. The molecule has 0 aromatic carbocycles. The van der Waals surface area contributed by atoms with Gasteiger partial charge in [-0.1, -0.05) is 0 Å². The van der Waals surface area contributed by atoms with Gasteiger partial charge in [-0.15, -0.1) is 0 Å². The second kappa shape index (κ2) is 4.84. The molecule has 2 rings (SSSR count). The van der Waals surface area contributed by atoms with Crippen molar-refractivity contribution in [2.75, 3.05) is 18.8 Å². The van der Waals surface area contributed by atoms with Gasteiger partial charge < -0.3 is 9.52 Å². The highest BCUT2D eigenvalue weighted by Crippen LogP contribution is 2.32. The van der Waals surface area contributed by atoms with Gasteiger partial charge in [0.1, 0.15) is 0 Å². The van der Waals surface area contributed by atoms with E-state index in [1.165, 1.54) is 10.4 Å². The van der Waals surface area contributed by atoms with E-state index < -0.39 is 16.0 Å². The highest BCUT2D eigenvalue weighted by atomic mass is 32.2. The van der Waals surface area contributed by atoms with Crippen LogP contribution in [0.3, 0.4) is 0 Å². The van der Waals surface area contributed by atoms with Gasteiger partial charge in [-0.3, -0.25) is 0 Å². The summed E-state index contributed by atoms with van der Waals surface area (Å²) in [6.45, 7) is 4.73. The van der Waals surface area contributed by atoms with E-state index in [1.807, 2.05) is 13.8 Å². The zero-order chi connectivity index (χ0) is 14.3. The molecule has 19 heavy (non-hydrogen) atoms. The molecule has 1 aromatic rings. The Morgan fingerprint density at radius 2 is 2.16 bits per heavy atom. The number of carboxylic acid groups (broad SMARTS) is 1. The number of sulfonamides is 1. The molecule has 0 unspecified atom stereocenters. The van der Waals surface area contributed by atoms with E-state index in [-0.39, 0.29) is 15.6 Å². The summed E-state index contributed by atoms with van der Waals surface area (Å²) in [5, 5.41) is 8.44.